The molecule has 6 nitrogen and oxygen atoms in total. The van der Waals surface area contributed by atoms with E-state index >= 15 is 0 Å². The number of nitrogens with two attached hydrogens (primary N) is 1. The molecule has 4 aromatic rings. The van der Waals surface area contributed by atoms with Crippen LogP contribution in [0.15, 0.2) is 57.7 Å². The van der Waals surface area contributed by atoms with Crippen molar-refractivity contribution < 1.29 is 8.94 Å². The molecule has 3 heterocycles. The molecular formula is C20H19ClN4O2. The standard InChI is InChI=1S/C20H18N4O2.ClH/c21-20(9-3-4-10-20)19-23-18(26-24-19)14-12-16(17-8-5-11-25-17)22-15-7-2-1-6-13(14)15;/h1-2,5-8,11-12H,3-4,9-10,21H2;1H. The molecule has 1 aromatic carbocycles. The van der Waals surface area contributed by atoms with Crippen LogP contribution in [0.25, 0.3) is 33.8 Å². The first kappa shape index (κ1) is 17.7. The molecule has 1 fully saturated rings. The van der Waals surface area contributed by atoms with Crippen LogP contribution >= 0.6 is 12.4 Å². The van der Waals surface area contributed by atoms with E-state index in [-0.39, 0.29) is 12.4 Å². The van der Waals surface area contributed by atoms with E-state index in [0.29, 0.717) is 17.5 Å². The van der Waals surface area contributed by atoms with Gasteiger partial charge >= 0.3 is 0 Å². The van der Waals surface area contributed by atoms with Gasteiger partial charge in [-0.05, 0) is 37.1 Å². The molecule has 138 valence electrons. The maximum Gasteiger partial charge on any atom is 0.258 e. The predicted molar refractivity (Wildman–Crippen MR) is 104 cm³/mol. The van der Waals surface area contributed by atoms with Crippen LogP contribution in [-0.2, 0) is 5.54 Å². The lowest BCUT2D eigenvalue weighted by Gasteiger charge is -2.17. The van der Waals surface area contributed by atoms with Crippen LogP contribution in [0.4, 0.5) is 0 Å². The number of hydrogen-bond acceptors (Lipinski definition) is 6. The van der Waals surface area contributed by atoms with Gasteiger partial charge in [0.2, 0.25) is 0 Å². The van der Waals surface area contributed by atoms with Crippen LogP contribution in [0.2, 0.25) is 0 Å². The summed E-state index contributed by atoms with van der Waals surface area (Å²) >= 11 is 0. The van der Waals surface area contributed by atoms with E-state index in [1.165, 1.54) is 0 Å². The number of benzene rings is 1. The quantitative estimate of drug-likeness (QED) is 0.552. The third-order valence-corrected chi connectivity index (χ3v) is 5.09. The Bertz CT molecular complexity index is 1070. The Labute approximate surface area is 162 Å². The Hall–Kier alpha value is -2.70. The van der Waals surface area contributed by atoms with Gasteiger partial charge in [-0.15, -0.1) is 12.4 Å². The van der Waals surface area contributed by atoms with E-state index in [1.54, 1.807) is 6.26 Å². The highest BCUT2D eigenvalue weighted by molar-refractivity contribution is 5.94. The van der Waals surface area contributed by atoms with Crippen molar-refractivity contribution in [3.8, 4) is 22.9 Å². The van der Waals surface area contributed by atoms with E-state index in [2.05, 4.69) is 10.1 Å². The van der Waals surface area contributed by atoms with E-state index in [1.807, 2.05) is 42.5 Å². The summed E-state index contributed by atoms with van der Waals surface area (Å²) < 4.78 is 11.1. The van der Waals surface area contributed by atoms with Crippen molar-refractivity contribution in [2.45, 2.75) is 31.2 Å². The van der Waals surface area contributed by atoms with Crippen molar-refractivity contribution in [1.29, 1.82) is 0 Å². The van der Waals surface area contributed by atoms with E-state index < -0.39 is 5.54 Å². The second-order valence-corrected chi connectivity index (χ2v) is 6.84. The number of halogens is 1. The third kappa shape index (κ3) is 3.01. The van der Waals surface area contributed by atoms with Gasteiger partial charge in [-0.25, -0.2) is 4.98 Å². The van der Waals surface area contributed by atoms with Gasteiger partial charge in [-0.3, -0.25) is 0 Å². The number of nitrogens with zero attached hydrogens (tertiary/aromatic N) is 3. The first-order chi connectivity index (χ1) is 12.7. The van der Waals surface area contributed by atoms with Gasteiger partial charge in [0.25, 0.3) is 5.89 Å². The number of para-hydroxylation sites is 1. The second kappa shape index (κ2) is 6.79. The van der Waals surface area contributed by atoms with Crippen LogP contribution in [0.3, 0.4) is 0 Å². The van der Waals surface area contributed by atoms with E-state index in [4.69, 9.17) is 19.7 Å². The molecule has 0 aliphatic heterocycles. The number of rotatable bonds is 3. The maximum atomic E-state index is 6.48. The topological polar surface area (TPSA) is 91.0 Å². The molecule has 1 aliphatic carbocycles. The lowest BCUT2D eigenvalue weighted by atomic mass is 9.98. The highest BCUT2D eigenvalue weighted by atomic mass is 35.5. The Morgan fingerprint density at radius 1 is 1.00 bits per heavy atom. The number of fused-ring (bicyclic) bond motifs is 1. The van der Waals surface area contributed by atoms with Crippen molar-refractivity contribution in [1.82, 2.24) is 15.1 Å². The summed E-state index contributed by atoms with van der Waals surface area (Å²) in [7, 11) is 0. The lowest BCUT2D eigenvalue weighted by Crippen LogP contribution is -2.34. The number of furan rings is 1. The minimum atomic E-state index is -0.478. The highest BCUT2D eigenvalue weighted by Gasteiger charge is 2.36. The fourth-order valence-corrected chi connectivity index (χ4v) is 3.67. The second-order valence-electron chi connectivity index (χ2n) is 6.84. The van der Waals surface area contributed by atoms with Crippen LogP contribution < -0.4 is 5.73 Å². The van der Waals surface area contributed by atoms with Crippen molar-refractivity contribution >= 4 is 23.3 Å². The lowest BCUT2D eigenvalue weighted by molar-refractivity contribution is 0.373. The van der Waals surface area contributed by atoms with E-state index in [9.17, 15) is 0 Å². The van der Waals surface area contributed by atoms with Gasteiger partial charge in [0, 0.05) is 5.39 Å². The Morgan fingerprint density at radius 2 is 1.81 bits per heavy atom. The molecule has 1 saturated carbocycles. The number of hydrogen-bond donors (Lipinski definition) is 1. The van der Waals surface area contributed by atoms with Crippen molar-refractivity contribution in [3.05, 3.63) is 54.6 Å². The average Bonchev–Trinajstić information content (AvgIpc) is 3.42. The molecule has 0 atom stereocenters. The van der Waals surface area contributed by atoms with Crippen LogP contribution in [-0.4, -0.2) is 15.1 Å². The molecule has 0 spiro atoms. The number of aromatic nitrogens is 3. The van der Waals surface area contributed by atoms with Gasteiger partial charge in [0.15, 0.2) is 11.6 Å². The van der Waals surface area contributed by atoms with Gasteiger partial charge in [-0.1, -0.05) is 36.2 Å². The monoisotopic (exact) mass is 382 g/mol. The Balaban J connectivity index is 0.00000180. The molecule has 2 N–H and O–H groups in total. The smallest absolute Gasteiger partial charge is 0.258 e. The zero-order chi connectivity index (χ0) is 17.6. The molecule has 0 bridgehead atoms. The summed E-state index contributed by atoms with van der Waals surface area (Å²) in [6.07, 6.45) is 5.61. The summed E-state index contributed by atoms with van der Waals surface area (Å²) in [5.74, 6) is 1.75. The minimum absolute atomic E-state index is 0. The van der Waals surface area contributed by atoms with Gasteiger partial charge in [0.1, 0.15) is 5.69 Å². The van der Waals surface area contributed by atoms with Gasteiger partial charge in [-0.2, -0.15) is 4.98 Å². The summed E-state index contributed by atoms with van der Waals surface area (Å²) in [6.45, 7) is 0. The van der Waals surface area contributed by atoms with Crippen LogP contribution in [0, 0.1) is 0 Å². The summed E-state index contributed by atoms with van der Waals surface area (Å²) in [5, 5.41) is 5.14. The molecule has 5 rings (SSSR count). The maximum absolute atomic E-state index is 6.48. The first-order valence-electron chi connectivity index (χ1n) is 8.80. The zero-order valence-electron chi connectivity index (χ0n) is 14.6. The molecular weight excluding hydrogens is 364 g/mol. The average molecular weight is 383 g/mol. The van der Waals surface area contributed by atoms with Crippen molar-refractivity contribution in [2.75, 3.05) is 0 Å². The van der Waals surface area contributed by atoms with Crippen LogP contribution in [0.5, 0.6) is 0 Å². The first-order valence-corrected chi connectivity index (χ1v) is 8.80. The van der Waals surface area contributed by atoms with Crippen molar-refractivity contribution in [3.63, 3.8) is 0 Å². The SMILES string of the molecule is Cl.NC1(c2noc(-c3cc(-c4ccco4)nc4ccccc34)n2)CCCC1. The molecule has 0 amide bonds. The minimum Gasteiger partial charge on any atom is -0.463 e. The Kier molecular flexibility index (Phi) is 4.45. The van der Waals surface area contributed by atoms with Gasteiger partial charge < -0.3 is 14.7 Å². The summed E-state index contributed by atoms with van der Waals surface area (Å²) in [5.41, 5.74) is 8.41. The summed E-state index contributed by atoms with van der Waals surface area (Å²) in [4.78, 5) is 9.34. The molecule has 1 aliphatic rings. The summed E-state index contributed by atoms with van der Waals surface area (Å²) in [6, 6.07) is 13.5. The normalized spacial score (nSPS) is 15.7. The fourth-order valence-electron chi connectivity index (χ4n) is 3.67. The van der Waals surface area contributed by atoms with Crippen LogP contribution in [0.1, 0.15) is 31.5 Å². The third-order valence-electron chi connectivity index (χ3n) is 5.09. The molecule has 0 radical (unpaired) electrons. The molecule has 27 heavy (non-hydrogen) atoms. The fraction of sp³-hybridized carbons (Fsp3) is 0.250. The molecule has 0 unspecified atom stereocenters. The number of pyridine rings is 1. The highest BCUT2D eigenvalue weighted by Crippen LogP contribution is 2.37. The van der Waals surface area contributed by atoms with Crippen molar-refractivity contribution in [2.24, 2.45) is 5.73 Å². The molecule has 7 heteroatoms. The molecule has 0 saturated heterocycles. The van der Waals surface area contributed by atoms with Gasteiger partial charge in [0.05, 0.1) is 22.9 Å². The predicted octanol–water partition coefficient (Wildman–Crippen LogP) is 4.69. The largest absolute Gasteiger partial charge is 0.463 e. The molecule has 3 aromatic heterocycles. The Morgan fingerprint density at radius 3 is 2.59 bits per heavy atom. The zero-order valence-corrected chi connectivity index (χ0v) is 15.4. The van der Waals surface area contributed by atoms with E-state index in [0.717, 1.165) is 47.8 Å².